The Balaban J connectivity index is 2.28. The predicted molar refractivity (Wildman–Crippen MR) is 83.7 cm³/mol. The van der Waals surface area contributed by atoms with E-state index in [4.69, 9.17) is 4.52 Å². The molecule has 108 valence electrons. The molecule has 1 N–H and O–H groups in total. The van der Waals surface area contributed by atoms with Gasteiger partial charge in [-0.25, -0.2) is 0 Å². The van der Waals surface area contributed by atoms with Crippen LogP contribution in [0.2, 0.25) is 0 Å². The minimum absolute atomic E-state index is 0.196. The Bertz CT molecular complexity index is 578. The molecule has 0 aliphatic rings. The summed E-state index contributed by atoms with van der Waals surface area (Å²) in [6, 6.07) is 6.39. The van der Waals surface area contributed by atoms with Crippen LogP contribution in [-0.2, 0) is 0 Å². The van der Waals surface area contributed by atoms with E-state index in [1.54, 1.807) is 0 Å². The van der Waals surface area contributed by atoms with Crippen LogP contribution in [0.4, 0.5) is 0 Å². The third-order valence-electron chi connectivity index (χ3n) is 3.67. The molecule has 0 saturated carbocycles. The molecule has 0 spiro atoms. The van der Waals surface area contributed by atoms with E-state index in [2.05, 4.69) is 51.3 Å². The van der Waals surface area contributed by atoms with Crippen molar-refractivity contribution in [2.45, 2.75) is 39.2 Å². The highest BCUT2D eigenvalue weighted by Crippen LogP contribution is 2.26. The van der Waals surface area contributed by atoms with E-state index in [-0.39, 0.29) is 5.92 Å². The molecule has 0 fully saturated rings. The molecule has 1 aromatic carbocycles. The molecule has 1 heterocycles. The Morgan fingerprint density at radius 3 is 2.75 bits per heavy atom. The first kappa shape index (κ1) is 15.2. The van der Waals surface area contributed by atoms with Crippen molar-refractivity contribution >= 4 is 15.9 Å². The van der Waals surface area contributed by atoms with Gasteiger partial charge in [0, 0.05) is 16.1 Å². The lowest BCUT2D eigenvalue weighted by atomic mass is 10.00. The number of benzene rings is 1. The lowest BCUT2D eigenvalue weighted by Gasteiger charge is -2.18. The number of aromatic nitrogens is 2. The third kappa shape index (κ3) is 3.10. The van der Waals surface area contributed by atoms with Crippen LogP contribution in [0.5, 0.6) is 0 Å². The van der Waals surface area contributed by atoms with Gasteiger partial charge in [-0.3, -0.25) is 0 Å². The smallest absolute Gasteiger partial charge is 0.231 e. The molecule has 0 amide bonds. The maximum Gasteiger partial charge on any atom is 0.231 e. The lowest BCUT2D eigenvalue weighted by Crippen LogP contribution is -2.30. The second-order valence-electron chi connectivity index (χ2n) is 5.01. The van der Waals surface area contributed by atoms with Crippen LogP contribution < -0.4 is 5.32 Å². The van der Waals surface area contributed by atoms with Crippen molar-refractivity contribution in [2.75, 3.05) is 7.05 Å². The van der Waals surface area contributed by atoms with Gasteiger partial charge in [0.15, 0.2) is 0 Å². The summed E-state index contributed by atoms with van der Waals surface area (Å²) in [6.45, 7) is 6.30. The number of likely N-dealkylation sites (N-methyl/N-ethyl adjacent to an activating group) is 1. The molecule has 0 bridgehead atoms. The summed E-state index contributed by atoms with van der Waals surface area (Å²) in [5, 5.41) is 7.40. The fraction of sp³-hybridized carbons (Fsp3) is 0.467. The molecule has 0 saturated heterocycles. The molecule has 20 heavy (non-hydrogen) atoms. The van der Waals surface area contributed by atoms with Crippen LogP contribution in [0, 0.1) is 6.92 Å². The molecular formula is C15H20BrN3O. The van der Waals surface area contributed by atoms with E-state index in [0.29, 0.717) is 17.8 Å². The summed E-state index contributed by atoms with van der Waals surface area (Å²) in [5.41, 5.74) is 2.13. The van der Waals surface area contributed by atoms with E-state index in [0.717, 1.165) is 22.0 Å². The maximum absolute atomic E-state index is 5.44. The molecule has 1 aromatic heterocycles. The fourth-order valence-corrected chi connectivity index (χ4v) is 2.86. The maximum atomic E-state index is 5.44. The second-order valence-corrected chi connectivity index (χ2v) is 5.92. The Hall–Kier alpha value is -1.20. The molecule has 2 aromatic rings. The van der Waals surface area contributed by atoms with Gasteiger partial charge in [0.1, 0.15) is 0 Å². The molecule has 0 aliphatic carbocycles. The zero-order chi connectivity index (χ0) is 14.7. The number of halogens is 1. The quantitative estimate of drug-likeness (QED) is 0.898. The van der Waals surface area contributed by atoms with Crippen molar-refractivity contribution in [2.24, 2.45) is 0 Å². The van der Waals surface area contributed by atoms with E-state index in [1.807, 2.05) is 26.1 Å². The van der Waals surface area contributed by atoms with E-state index < -0.39 is 0 Å². The summed E-state index contributed by atoms with van der Waals surface area (Å²) in [6.07, 6.45) is 1.02. The van der Waals surface area contributed by atoms with E-state index >= 15 is 0 Å². The van der Waals surface area contributed by atoms with Crippen molar-refractivity contribution in [3.8, 4) is 11.4 Å². The SMILES string of the molecule is CCC(NC)C(C)c1nc(-c2ccc(Br)cc2C)no1. The monoisotopic (exact) mass is 337 g/mol. The van der Waals surface area contributed by atoms with Crippen LogP contribution in [0.1, 0.15) is 37.6 Å². The number of hydrogen-bond acceptors (Lipinski definition) is 4. The standard InChI is InChI=1S/C15H20BrN3O/c1-5-13(17-4)10(3)15-18-14(19-20-15)12-7-6-11(16)8-9(12)2/h6-8,10,13,17H,5H2,1-4H3. The number of rotatable bonds is 5. The van der Waals surface area contributed by atoms with Gasteiger partial charge in [-0.1, -0.05) is 34.9 Å². The van der Waals surface area contributed by atoms with Crippen molar-refractivity contribution in [3.05, 3.63) is 34.1 Å². The normalized spacial score (nSPS) is 14.2. The van der Waals surface area contributed by atoms with Gasteiger partial charge in [-0.15, -0.1) is 0 Å². The van der Waals surface area contributed by atoms with Crippen LogP contribution in [0.25, 0.3) is 11.4 Å². The highest BCUT2D eigenvalue weighted by atomic mass is 79.9. The molecule has 5 heteroatoms. The first-order valence-electron chi connectivity index (χ1n) is 6.84. The molecule has 0 aliphatic heterocycles. The van der Waals surface area contributed by atoms with Crippen LogP contribution in [0.15, 0.2) is 27.2 Å². The van der Waals surface area contributed by atoms with E-state index in [9.17, 15) is 0 Å². The van der Waals surface area contributed by atoms with Crippen molar-refractivity contribution < 1.29 is 4.52 Å². The van der Waals surface area contributed by atoms with Gasteiger partial charge in [0.2, 0.25) is 11.7 Å². The number of hydrogen-bond donors (Lipinski definition) is 1. The average molecular weight is 338 g/mol. The first-order chi connectivity index (χ1) is 9.56. The highest BCUT2D eigenvalue weighted by Gasteiger charge is 2.22. The molecule has 0 radical (unpaired) electrons. The average Bonchev–Trinajstić information content (AvgIpc) is 2.89. The van der Waals surface area contributed by atoms with E-state index in [1.165, 1.54) is 0 Å². The van der Waals surface area contributed by atoms with Gasteiger partial charge >= 0.3 is 0 Å². The Morgan fingerprint density at radius 1 is 1.40 bits per heavy atom. The van der Waals surface area contributed by atoms with Crippen molar-refractivity contribution in [3.63, 3.8) is 0 Å². The Labute approximate surface area is 128 Å². The van der Waals surface area contributed by atoms with Gasteiger partial charge in [-0.05, 0) is 44.2 Å². The summed E-state index contributed by atoms with van der Waals surface area (Å²) < 4.78 is 6.49. The molecule has 2 atom stereocenters. The highest BCUT2D eigenvalue weighted by molar-refractivity contribution is 9.10. The van der Waals surface area contributed by atoms with Crippen molar-refractivity contribution in [1.29, 1.82) is 0 Å². The largest absolute Gasteiger partial charge is 0.339 e. The fourth-order valence-electron chi connectivity index (χ4n) is 2.39. The summed E-state index contributed by atoms with van der Waals surface area (Å²) in [7, 11) is 1.96. The third-order valence-corrected chi connectivity index (χ3v) is 4.17. The van der Waals surface area contributed by atoms with Gasteiger partial charge in [0.25, 0.3) is 0 Å². The molecular weight excluding hydrogens is 318 g/mol. The van der Waals surface area contributed by atoms with Gasteiger partial charge in [-0.2, -0.15) is 4.98 Å². The predicted octanol–water partition coefficient (Wildman–Crippen LogP) is 3.91. The topological polar surface area (TPSA) is 51.0 Å². The van der Waals surface area contributed by atoms with Crippen LogP contribution in [0.3, 0.4) is 0 Å². The zero-order valence-corrected chi connectivity index (χ0v) is 13.9. The summed E-state index contributed by atoms with van der Waals surface area (Å²) in [5.74, 6) is 1.54. The molecule has 2 rings (SSSR count). The molecule has 4 nitrogen and oxygen atoms in total. The Morgan fingerprint density at radius 2 is 2.15 bits per heavy atom. The van der Waals surface area contributed by atoms with Gasteiger partial charge in [0.05, 0.1) is 5.92 Å². The second kappa shape index (κ2) is 6.50. The minimum Gasteiger partial charge on any atom is -0.339 e. The zero-order valence-electron chi connectivity index (χ0n) is 12.3. The Kier molecular flexibility index (Phi) is 4.94. The lowest BCUT2D eigenvalue weighted by molar-refractivity contribution is 0.326. The summed E-state index contributed by atoms with van der Waals surface area (Å²) in [4.78, 5) is 4.55. The number of nitrogens with zero attached hydrogens (tertiary/aromatic N) is 2. The van der Waals surface area contributed by atoms with Crippen molar-refractivity contribution in [1.82, 2.24) is 15.5 Å². The molecule has 2 unspecified atom stereocenters. The first-order valence-corrected chi connectivity index (χ1v) is 7.63. The number of nitrogens with one attached hydrogen (secondary N) is 1. The number of aryl methyl sites for hydroxylation is 1. The van der Waals surface area contributed by atoms with Crippen LogP contribution in [-0.4, -0.2) is 23.2 Å². The summed E-state index contributed by atoms with van der Waals surface area (Å²) >= 11 is 3.46. The van der Waals surface area contributed by atoms with Crippen LogP contribution >= 0.6 is 15.9 Å². The van der Waals surface area contributed by atoms with Gasteiger partial charge < -0.3 is 9.84 Å². The minimum atomic E-state index is 0.196.